The number of halogens is 24. The summed E-state index contributed by atoms with van der Waals surface area (Å²) in [5, 5.41) is 0.917. The van der Waals surface area contributed by atoms with Crippen molar-refractivity contribution >= 4 is 110 Å². The van der Waals surface area contributed by atoms with E-state index in [2.05, 4.69) is 0 Å². The van der Waals surface area contributed by atoms with E-state index >= 15 is 0 Å². The van der Waals surface area contributed by atoms with Crippen molar-refractivity contribution < 1.29 is 143 Å². The Morgan fingerprint density at radius 3 is 0.441 bits per heavy atom. The first kappa shape index (κ1) is 95.9. The van der Waals surface area contributed by atoms with Crippen molar-refractivity contribution in [1.82, 2.24) is 39.9 Å². The van der Waals surface area contributed by atoms with Crippen LogP contribution in [-0.4, -0.2) is 53.0 Å². The van der Waals surface area contributed by atoms with Crippen molar-refractivity contribution in [1.29, 1.82) is 0 Å². The van der Waals surface area contributed by atoms with Gasteiger partial charge in [0.1, 0.15) is 46.0 Å². The molecule has 2 aliphatic rings. The van der Waals surface area contributed by atoms with Crippen LogP contribution in [0.15, 0.2) is 291 Å². The molecule has 722 valence electrons. The molecule has 0 unspecified atom stereocenters. The van der Waals surface area contributed by atoms with Crippen molar-refractivity contribution in [3.63, 3.8) is 0 Å². The number of hydrogen-bond donors (Lipinski definition) is 0. The van der Waals surface area contributed by atoms with Crippen molar-refractivity contribution in [2.45, 2.75) is 49.4 Å². The molecule has 5 heterocycles. The Labute approximate surface area is 811 Å². The maximum absolute atomic E-state index is 14.5. The monoisotopic (exact) mass is 2020 g/mol. The second kappa shape index (κ2) is 35.5. The summed E-state index contributed by atoms with van der Waals surface area (Å²) in [6.07, 6.45) is -39.5. The van der Waals surface area contributed by atoms with Gasteiger partial charge in [0.2, 0.25) is 0 Å². The molecule has 16 nitrogen and oxygen atoms in total. The zero-order chi connectivity index (χ0) is 101. The minimum absolute atomic E-state index is 0. The van der Waals surface area contributed by atoms with E-state index in [9.17, 15) is 105 Å². The molecular formula is C104H48F24MgN8O8. The van der Waals surface area contributed by atoms with E-state index in [-0.39, 0.29) is 156 Å². The normalized spacial score (nSPS) is 12.6. The van der Waals surface area contributed by atoms with Gasteiger partial charge in [-0.15, -0.1) is 0 Å². The number of ether oxygens (including phenoxy) is 8. The average Bonchev–Trinajstić information content (AvgIpc) is 1.58. The Hall–Kier alpha value is -16.6. The van der Waals surface area contributed by atoms with Gasteiger partial charge in [0, 0.05) is 44.8 Å². The molecule has 3 aromatic heterocycles. The minimum Gasteiger partial charge on any atom is -0.453 e. The molecule has 0 amide bonds. The Kier molecular flexibility index (Phi) is 23.5. The molecule has 21 rings (SSSR count). The number of nitrogens with zero attached hydrogens (tertiary/aromatic N) is 8. The van der Waals surface area contributed by atoms with E-state index in [1.165, 1.54) is 97.1 Å². The van der Waals surface area contributed by atoms with Crippen LogP contribution < -0.4 is 47.9 Å². The van der Waals surface area contributed by atoms with Gasteiger partial charge in [0.15, 0.2) is 46.0 Å². The van der Waals surface area contributed by atoms with E-state index in [0.29, 0.717) is 48.5 Å². The van der Waals surface area contributed by atoms with Crippen LogP contribution in [0.1, 0.15) is 44.5 Å². The first-order chi connectivity index (χ1) is 68.2. The fraction of sp³-hybridized carbons (Fsp3) is 0.0769. The maximum atomic E-state index is 14.5. The predicted molar refractivity (Wildman–Crippen MR) is 482 cm³/mol. The molecule has 0 fully saturated rings. The fourth-order valence-corrected chi connectivity index (χ4v) is 16.2. The second-order valence-corrected chi connectivity index (χ2v) is 32.7. The van der Waals surface area contributed by atoms with Crippen LogP contribution in [0.25, 0.3) is 133 Å². The van der Waals surface area contributed by atoms with Crippen LogP contribution in [0.3, 0.4) is 0 Å². The van der Waals surface area contributed by atoms with E-state index in [1.807, 2.05) is 0 Å². The summed E-state index contributed by atoms with van der Waals surface area (Å²) in [5.74, 6) is -8.05. The first-order valence-corrected chi connectivity index (χ1v) is 42.2. The van der Waals surface area contributed by atoms with Crippen LogP contribution in [0.2, 0.25) is 0 Å². The number of hydrogen-bond acceptors (Lipinski definition) is 14. The third-order valence-corrected chi connectivity index (χ3v) is 22.9. The third-order valence-electron chi connectivity index (χ3n) is 22.9. The Morgan fingerprint density at radius 2 is 0.303 bits per heavy atom. The Balaban J connectivity index is 0.0000128. The molecule has 2 aliphatic heterocycles. The minimum atomic E-state index is -4.94. The van der Waals surface area contributed by atoms with E-state index in [4.69, 9.17) is 77.8 Å². The molecule has 16 aromatic carbocycles. The van der Waals surface area contributed by atoms with Crippen molar-refractivity contribution in [3.05, 3.63) is 336 Å². The fourth-order valence-electron chi connectivity index (χ4n) is 16.2. The van der Waals surface area contributed by atoms with Crippen molar-refractivity contribution in [2.75, 3.05) is 0 Å². The summed E-state index contributed by atoms with van der Waals surface area (Å²) in [4.78, 5) is 40.7. The van der Waals surface area contributed by atoms with Crippen molar-refractivity contribution in [2.24, 2.45) is 0 Å². The first-order valence-electron chi connectivity index (χ1n) is 42.2. The number of rotatable bonds is 16. The smallest absolute Gasteiger partial charge is 0.453 e. The van der Waals surface area contributed by atoms with Gasteiger partial charge in [-0.05, 0) is 307 Å². The molecule has 145 heavy (non-hydrogen) atoms. The SMILES string of the molecule is FC(F)(F)c1cccc(Oc2cc3cc4c(cc3cc2Oc2cccc(C(F)(F)F)c2)-c2nc-4nc3[n-]c(nc4nc(nc5[n-]c(n2)c2cc6cc(Oc7cccc(C(F)(F)F)c7)c(Oc7cccc(C(F)(F)F)c7)cc6cc52)-c2cc5cc(Oc6cccc(C(F)(F)F)c6)c(Oc6cccc(C(F)(F)F)c6)cc5cc2-4)c2cc4cc(Oc5cccc(C(F)(F)F)c5)c(Oc5cccc(C(F)(F)F)c5)cc4cc32)c1.[Mg+2]. The molecule has 0 aliphatic carbocycles. The summed E-state index contributed by atoms with van der Waals surface area (Å²) < 4.78 is 396. The molecule has 0 saturated carbocycles. The van der Waals surface area contributed by atoms with Gasteiger partial charge in [-0.25, -0.2) is 9.97 Å². The average molecular weight is 2020 g/mol. The molecule has 8 bridgehead atoms. The zero-order valence-electron chi connectivity index (χ0n) is 72.3. The molecule has 0 radical (unpaired) electrons. The number of fused-ring (bicyclic) bond motifs is 24. The Bertz CT molecular complexity index is 7730. The van der Waals surface area contributed by atoms with Gasteiger partial charge in [-0.3, -0.25) is 0 Å². The van der Waals surface area contributed by atoms with Crippen LogP contribution in [0.4, 0.5) is 105 Å². The van der Waals surface area contributed by atoms with Crippen LogP contribution >= 0.6 is 0 Å². The summed E-state index contributed by atoms with van der Waals surface area (Å²) in [6.45, 7) is 0. The molecular weight excluding hydrogens is 1970 g/mol. The van der Waals surface area contributed by atoms with Gasteiger partial charge in [0.25, 0.3) is 0 Å². The molecule has 19 aromatic rings. The third kappa shape index (κ3) is 19.6. The van der Waals surface area contributed by atoms with Gasteiger partial charge in [-0.1, -0.05) is 48.5 Å². The zero-order valence-corrected chi connectivity index (χ0v) is 73.7. The summed E-state index contributed by atoms with van der Waals surface area (Å²) in [5.41, 5.74) is -10.6. The molecule has 41 heteroatoms. The molecule has 0 spiro atoms. The van der Waals surface area contributed by atoms with Gasteiger partial charge < -0.3 is 67.8 Å². The number of alkyl halides is 24. The predicted octanol–water partition coefficient (Wildman–Crippen LogP) is 32.8. The molecule has 0 saturated heterocycles. The van der Waals surface area contributed by atoms with Gasteiger partial charge in [-0.2, -0.15) is 105 Å². The van der Waals surface area contributed by atoms with Crippen LogP contribution in [-0.2, 0) is 49.4 Å². The summed E-state index contributed by atoms with van der Waals surface area (Å²) in [6, 6.07) is 50.1. The standard InChI is InChI=1S/C104H48F24N8O8.Mg/c105-97(106,107)57-9-1-17-65(41-57)137-81-33-49-25-73-74(26-50(49)34-82(81)138-66-18-2-10-58(42-66)98(108,109)110)90-129-89(73)133-91-75-27-51-35-83(139-67-19-3-11-59(43-67)99(111,112)113)84(140-68-20-4-12-60(44-68)100(114,115)116)36-52(51)28-76(75)93(130-91)135-95-79-31-55-39-87(143-71-23-7-15-63(47-71)103(123,124)125)88(144-72-24-8-16-64(48-72)104(126,127)128)40-56(55)32-80(79)96(132-95)136-94-78-30-54-38-86(142-70-22-6-14-62(46-70)102(120,121)122)85(37-53(54)29-77(78)92(131-94)134-90)141-69-21-5-13-61(45-69)101(117,118)119;/h1-48H;/q-2;+2. The van der Waals surface area contributed by atoms with Crippen molar-refractivity contribution in [3.8, 4) is 138 Å². The second-order valence-electron chi connectivity index (χ2n) is 32.7. The summed E-state index contributed by atoms with van der Waals surface area (Å²) >= 11 is 0. The molecule has 0 atom stereocenters. The van der Waals surface area contributed by atoms with Gasteiger partial charge >= 0.3 is 72.5 Å². The Morgan fingerprint density at radius 1 is 0.166 bits per heavy atom. The van der Waals surface area contributed by atoms with Crippen LogP contribution in [0.5, 0.6) is 92.0 Å². The van der Waals surface area contributed by atoms with Crippen LogP contribution in [0, 0.1) is 0 Å². The van der Waals surface area contributed by atoms with E-state index < -0.39 is 186 Å². The topological polar surface area (TPSA) is 179 Å². The largest absolute Gasteiger partial charge is 2.00 e. The van der Waals surface area contributed by atoms with E-state index in [1.54, 1.807) is 0 Å². The van der Waals surface area contributed by atoms with E-state index in [0.717, 1.165) is 146 Å². The quantitative estimate of drug-likeness (QED) is 0.0658. The number of benzene rings is 16. The summed E-state index contributed by atoms with van der Waals surface area (Å²) in [7, 11) is 0. The maximum Gasteiger partial charge on any atom is 2.00 e. The van der Waals surface area contributed by atoms with Gasteiger partial charge in [0.05, 0.1) is 67.8 Å². The number of aromatic nitrogens is 8. The molecule has 0 N–H and O–H groups in total.